The molecule has 1 aliphatic heterocycles. The fourth-order valence-corrected chi connectivity index (χ4v) is 4.44. The van der Waals surface area contributed by atoms with Gasteiger partial charge in [0.25, 0.3) is 15.9 Å². The first kappa shape index (κ1) is 19.7. The summed E-state index contributed by atoms with van der Waals surface area (Å²) in [5.74, 6) is -0.608. The summed E-state index contributed by atoms with van der Waals surface area (Å²) in [6.45, 7) is 1.63. The van der Waals surface area contributed by atoms with Crippen LogP contribution in [-0.4, -0.2) is 26.8 Å². The minimum absolute atomic E-state index is 0.0860. The van der Waals surface area contributed by atoms with E-state index in [0.29, 0.717) is 28.2 Å². The summed E-state index contributed by atoms with van der Waals surface area (Å²) in [4.78, 5) is 26.7. The fourth-order valence-electron chi connectivity index (χ4n) is 3.28. The zero-order valence-corrected chi connectivity index (χ0v) is 16.9. The molecule has 8 heteroatoms. The van der Waals surface area contributed by atoms with Crippen molar-refractivity contribution >= 4 is 38.9 Å². The van der Waals surface area contributed by atoms with Gasteiger partial charge in [0.1, 0.15) is 6.54 Å². The van der Waals surface area contributed by atoms with E-state index in [4.69, 9.17) is 0 Å². The molecule has 0 radical (unpaired) electrons. The number of anilines is 3. The van der Waals surface area contributed by atoms with E-state index in [1.165, 1.54) is 17.0 Å². The van der Waals surface area contributed by atoms with Crippen LogP contribution in [-0.2, 0) is 14.8 Å². The number of carbonyl (C=O) groups is 2. The number of carbonyl (C=O) groups excluding carboxylic acids is 2. The van der Waals surface area contributed by atoms with Gasteiger partial charge >= 0.3 is 0 Å². The molecule has 152 valence electrons. The Hall–Kier alpha value is -3.65. The maximum atomic E-state index is 13.1. The first-order valence-electron chi connectivity index (χ1n) is 9.24. The number of para-hydroxylation sites is 2. The Morgan fingerprint density at radius 2 is 1.70 bits per heavy atom. The minimum Gasteiger partial charge on any atom is -0.323 e. The third kappa shape index (κ3) is 3.77. The standard InChI is InChI=1S/C22H19N3O4S/c1-15-13-16(11-12-18(15)24-30(28,29)17-7-3-2-4-8-17)22(27)25-14-21(26)23-19-9-5-6-10-20(19)25/h2-13,24H,14H2,1H3,(H,23,26). The lowest BCUT2D eigenvalue weighted by atomic mass is 10.1. The molecule has 2 amide bonds. The molecule has 0 aromatic heterocycles. The van der Waals surface area contributed by atoms with E-state index in [2.05, 4.69) is 10.0 Å². The zero-order valence-electron chi connectivity index (χ0n) is 16.1. The van der Waals surface area contributed by atoms with E-state index in [-0.39, 0.29) is 23.3 Å². The van der Waals surface area contributed by atoms with Gasteiger partial charge in [-0.3, -0.25) is 19.2 Å². The van der Waals surface area contributed by atoms with E-state index in [0.717, 1.165) is 0 Å². The monoisotopic (exact) mass is 421 g/mol. The molecule has 0 unspecified atom stereocenters. The van der Waals surface area contributed by atoms with Crippen LogP contribution in [0.1, 0.15) is 15.9 Å². The predicted octanol–water partition coefficient (Wildman–Crippen LogP) is 3.39. The maximum absolute atomic E-state index is 13.1. The lowest BCUT2D eigenvalue weighted by molar-refractivity contribution is -0.115. The molecule has 0 bridgehead atoms. The van der Waals surface area contributed by atoms with Crippen LogP contribution in [0.25, 0.3) is 0 Å². The van der Waals surface area contributed by atoms with Crippen LogP contribution in [0.2, 0.25) is 0 Å². The molecule has 3 aromatic rings. The van der Waals surface area contributed by atoms with Crippen LogP contribution in [0.5, 0.6) is 0 Å². The summed E-state index contributed by atoms with van der Waals surface area (Å²) in [7, 11) is -3.73. The first-order chi connectivity index (χ1) is 14.3. The average molecular weight is 421 g/mol. The van der Waals surface area contributed by atoms with Gasteiger partial charge in [0, 0.05) is 5.56 Å². The van der Waals surface area contributed by atoms with Gasteiger partial charge in [0.2, 0.25) is 5.91 Å². The largest absolute Gasteiger partial charge is 0.323 e. The number of benzene rings is 3. The lowest BCUT2D eigenvalue weighted by Gasteiger charge is -2.29. The molecule has 3 aromatic carbocycles. The summed E-state index contributed by atoms with van der Waals surface area (Å²) in [6.07, 6.45) is 0. The van der Waals surface area contributed by atoms with Crippen molar-refractivity contribution in [1.29, 1.82) is 0 Å². The quantitative estimate of drug-likeness (QED) is 0.675. The molecule has 0 fully saturated rings. The third-order valence-electron chi connectivity index (χ3n) is 4.79. The van der Waals surface area contributed by atoms with E-state index in [1.54, 1.807) is 67.6 Å². The Morgan fingerprint density at radius 3 is 2.43 bits per heavy atom. The molecule has 1 aliphatic rings. The second-order valence-electron chi connectivity index (χ2n) is 6.90. The Bertz CT molecular complexity index is 1240. The number of aryl methyl sites for hydroxylation is 1. The SMILES string of the molecule is Cc1cc(C(=O)N2CC(=O)Nc3ccccc32)ccc1NS(=O)(=O)c1ccccc1. The molecule has 4 rings (SSSR count). The summed E-state index contributed by atoms with van der Waals surface area (Å²) in [5.41, 5.74) is 2.53. The third-order valence-corrected chi connectivity index (χ3v) is 6.17. The average Bonchev–Trinajstić information content (AvgIpc) is 2.74. The molecule has 2 N–H and O–H groups in total. The number of hydrogen-bond acceptors (Lipinski definition) is 4. The molecule has 0 atom stereocenters. The fraction of sp³-hybridized carbons (Fsp3) is 0.0909. The highest BCUT2D eigenvalue weighted by atomic mass is 32.2. The predicted molar refractivity (Wildman–Crippen MR) is 115 cm³/mol. The van der Waals surface area contributed by atoms with E-state index in [9.17, 15) is 18.0 Å². The summed E-state index contributed by atoms with van der Waals surface area (Å²) < 4.78 is 27.7. The maximum Gasteiger partial charge on any atom is 0.261 e. The smallest absolute Gasteiger partial charge is 0.261 e. The number of nitrogens with one attached hydrogen (secondary N) is 2. The van der Waals surface area contributed by atoms with Crippen molar-refractivity contribution in [3.8, 4) is 0 Å². The second-order valence-corrected chi connectivity index (χ2v) is 8.59. The van der Waals surface area contributed by atoms with E-state index in [1.807, 2.05) is 0 Å². The molecular formula is C22H19N3O4S. The Morgan fingerprint density at radius 1 is 1.00 bits per heavy atom. The van der Waals surface area contributed by atoms with Gasteiger partial charge in [0.15, 0.2) is 0 Å². The van der Waals surface area contributed by atoms with Crippen LogP contribution >= 0.6 is 0 Å². The summed E-state index contributed by atoms with van der Waals surface area (Å²) >= 11 is 0. The van der Waals surface area contributed by atoms with Crippen LogP contribution < -0.4 is 14.9 Å². The first-order valence-corrected chi connectivity index (χ1v) is 10.7. The normalized spacial score (nSPS) is 13.4. The van der Waals surface area contributed by atoms with Crippen LogP contribution in [0, 0.1) is 6.92 Å². The molecule has 0 aliphatic carbocycles. The molecule has 7 nitrogen and oxygen atoms in total. The highest BCUT2D eigenvalue weighted by molar-refractivity contribution is 7.92. The van der Waals surface area contributed by atoms with Crippen LogP contribution in [0.15, 0.2) is 77.7 Å². The van der Waals surface area contributed by atoms with E-state index >= 15 is 0 Å². The number of fused-ring (bicyclic) bond motifs is 1. The van der Waals surface area contributed by atoms with Gasteiger partial charge in [-0.25, -0.2) is 8.42 Å². The Labute approximate surface area is 174 Å². The van der Waals surface area contributed by atoms with Crippen molar-refractivity contribution in [3.05, 3.63) is 83.9 Å². The second kappa shape index (κ2) is 7.64. The van der Waals surface area contributed by atoms with Crippen molar-refractivity contribution in [2.75, 3.05) is 21.5 Å². The topological polar surface area (TPSA) is 95.6 Å². The van der Waals surface area contributed by atoms with Crippen molar-refractivity contribution in [2.24, 2.45) is 0 Å². The summed E-state index contributed by atoms with van der Waals surface area (Å²) in [6, 6.07) is 19.8. The van der Waals surface area contributed by atoms with Gasteiger partial charge in [0.05, 0.1) is 22.0 Å². The zero-order chi connectivity index (χ0) is 21.3. The van der Waals surface area contributed by atoms with Gasteiger partial charge in [-0.15, -0.1) is 0 Å². The van der Waals surface area contributed by atoms with Crippen molar-refractivity contribution in [2.45, 2.75) is 11.8 Å². The van der Waals surface area contributed by atoms with Gasteiger partial charge in [-0.2, -0.15) is 0 Å². The number of amides is 2. The molecule has 0 saturated carbocycles. The number of rotatable bonds is 4. The van der Waals surface area contributed by atoms with Crippen molar-refractivity contribution in [1.82, 2.24) is 0 Å². The number of sulfonamides is 1. The lowest BCUT2D eigenvalue weighted by Crippen LogP contribution is -2.42. The Balaban J connectivity index is 1.61. The van der Waals surface area contributed by atoms with Gasteiger partial charge < -0.3 is 5.32 Å². The van der Waals surface area contributed by atoms with E-state index < -0.39 is 10.0 Å². The molecule has 30 heavy (non-hydrogen) atoms. The Kier molecular flexibility index (Phi) is 5.01. The highest BCUT2D eigenvalue weighted by Gasteiger charge is 2.27. The number of hydrogen-bond donors (Lipinski definition) is 2. The van der Waals surface area contributed by atoms with Gasteiger partial charge in [-0.1, -0.05) is 30.3 Å². The number of nitrogens with zero attached hydrogens (tertiary/aromatic N) is 1. The highest BCUT2D eigenvalue weighted by Crippen LogP contribution is 2.30. The summed E-state index contributed by atoms with van der Waals surface area (Å²) in [5, 5.41) is 2.75. The molecule has 0 spiro atoms. The van der Waals surface area contributed by atoms with Crippen molar-refractivity contribution < 1.29 is 18.0 Å². The van der Waals surface area contributed by atoms with Crippen molar-refractivity contribution in [3.63, 3.8) is 0 Å². The van der Waals surface area contributed by atoms with Crippen LogP contribution in [0.4, 0.5) is 17.1 Å². The molecular weight excluding hydrogens is 402 g/mol. The molecule has 0 saturated heterocycles. The molecule has 1 heterocycles. The minimum atomic E-state index is -3.73. The van der Waals surface area contributed by atoms with Gasteiger partial charge in [-0.05, 0) is 55.0 Å². The van der Waals surface area contributed by atoms with Crippen LogP contribution in [0.3, 0.4) is 0 Å².